The summed E-state index contributed by atoms with van der Waals surface area (Å²) in [6.07, 6.45) is 3.53. The molecule has 3 aliphatic rings. The number of halogens is 1. The van der Waals surface area contributed by atoms with Crippen LogP contribution < -0.4 is 10.6 Å². The Morgan fingerprint density at radius 3 is 2.53 bits per heavy atom. The molecule has 0 aromatic heterocycles. The van der Waals surface area contributed by atoms with E-state index in [1.807, 2.05) is 30.3 Å². The molecule has 0 aliphatic carbocycles. The number of nitrogens with zero attached hydrogens (tertiary/aromatic N) is 1. The fourth-order valence-electron chi connectivity index (χ4n) is 6.60. The van der Waals surface area contributed by atoms with E-state index >= 15 is 0 Å². The highest BCUT2D eigenvalue weighted by molar-refractivity contribution is 8.02. The van der Waals surface area contributed by atoms with Gasteiger partial charge in [0.1, 0.15) is 6.04 Å². The van der Waals surface area contributed by atoms with Gasteiger partial charge in [0.05, 0.1) is 27.3 Å². The van der Waals surface area contributed by atoms with Crippen LogP contribution in [0.2, 0.25) is 5.02 Å². The van der Waals surface area contributed by atoms with Crippen LogP contribution in [0.25, 0.3) is 0 Å². The number of anilines is 1. The van der Waals surface area contributed by atoms with Gasteiger partial charge in [-0.05, 0) is 56.7 Å². The molecule has 3 saturated heterocycles. The zero-order valence-electron chi connectivity index (χ0n) is 21.5. The minimum Gasteiger partial charge on any atom is -0.396 e. The quantitative estimate of drug-likeness (QED) is 0.381. The topological polar surface area (TPSA) is 98.7 Å². The summed E-state index contributed by atoms with van der Waals surface area (Å²) in [7, 11) is 0. The van der Waals surface area contributed by atoms with Crippen molar-refractivity contribution in [2.45, 2.75) is 61.1 Å². The number of carbonyl (C=O) groups excluding carboxylic acids is 3. The molecule has 5 atom stereocenters. The number of benzene rings is 2. The zero-order chi connectivity index (χ0) is 26.9. The van der Waals surface area contributed by atoms with E-state index in [1.165, 1.54) is 0 Å². The molecule has 3 fully saturated rings. The molecule has 2 unspecified atom stereocenters. The largest absolute Gasteiger partial charge is 0.396 e. The molecule has 2 bridgehead atoms. The van der Waals surface area contributed by atoms with Gasteiger partial charge >= 0.3 is 0 Å². The molecule has 9 heteroatoms. The minimum atomic E-state index is -0.704. The number of hydrogen-bond acceptors (Lipinski definition) is 5. The summed E-state index contributed by atoms with van der Waals surface area (Å²) in [5, 5.41) is 15.7. The van der Waals surface area contributed by atoms with E-state index in [9.17, 15) is 19.5 Å². The number of nitrogens with one attached hydrogen (secondary N) is 2. The Hall–Kier alpha value is -2.55. The monoisotopic (exact) mass is 555 g/mol. The van der Waals surface area contributed by atoms with E-state index in [2.05, 4.69) is 17.6 Å². The smallest absolute Gasteiger partial charge is 0.248 e. The van der Waals surface area contributed by atoms with Crippen molar-refractivity contribution in [2.75, 3.05) is 18.5 Å². The first kappa shape index (κ1) is 27.0. The predicted octanol–water partition coefficient (Wildman–Crippen LogP) is 4.24. The molecule has 3 amide bonds. The number of hydrogen-bond donors (Lipinski definition) is 3. The maximum Gasteiger partial charge on any atom is 0.248 e. The highest BCUT2D eigenvalue weighted by Crippen LogP contribution is 2.71. The zero-order valence-corrected chi connectivity index (χ0v) is 23.1. The lowest BCUT2D eigenvalue weighted by Crippen LogP contribution is -2.52. The molecule has 2 aromatic carbocycles. The summed E-state index contributed by atoms with van der Waals surface area (Å²) in [5.74, 6) is -1.60. The molecule has 2 aromatic rings. The number of fused-ring (bicyclic) bond motifs is 1. The third-order valence-electron chi connectivity index (χ3n) is 8.31. The van der Waals surface area contributed by atoms with Crippen LogP contribution in [0, 0.1) is 11.8 Å². The van der Waals surface area contributed by atoms with E-state index in [0.717, 1.165) is 18.4 Å². The summed E-state index contributed by atoms with van der Waals surface area (Å²) in [4.78, 5) is 43.4. The number of rotatable bonds is 10. The standard InChI is InChI=1S/C29H34ClN3O4S/c1-28-14-15-29(38-28)23(22(28)25(35)31-18-19-10-4-2-5-11-19)27(37)33(16-8-3-9-17-34)24(29)26(36)32-21-13-7-6-12-20(21)30/h2,4-7,10-13,22-24,34H,3,8-9,14-18H2,1H3,(H,31,35)(H,32,36)/t22-,23-,24?,28+,29?/m0/s1. The molecule has 0 radical (unpaired) electrons. The fourth-order valence-corrected chi connectivity index (χ4v) is 9.14. The van der Waals surface area contributed by atoms with E-state index in [0.29, 0.717) is 43.1 Å². The van der Waals surface area contributed by atoms with Crippen molar-refractivity contribution in [1.82, 2.24) is 10.2 Å². The van der Waals surface area contributed by atoms with Crippen molar-refractivity contribution in [1.29, 1.82) is 0 Å². The van der Waals surface area contributed by atoms with Gasteiger partial charge in [0.15, 0.2) is 0 Å². The predicted molar refractivity (Wildman–Crippen MR) is 150 cm³/mol. The normalized spacial score (nSPS) is 29.4. The molecule has 1 spiro atoms. The van der Waals surface area contributed by atoms with Crippen LogP contribution in [0.5, 0.6) is 0 Å². The lowest BCUT2D eigenvalue weighted by Gasteiger charge is -2.35. The SMILES string of the molecule is C[C@]12CCC3(S1)C(C(=O)Nc1ccccc1Cl)N(CCCCCO)C(=O)[C@@H]3[C@H]2C(=O)NCc1ccccc1. The maximum atomic E-state index is 14.1. The van der Waals surface area contributed by atoms with Crippen LogP contribution >= 0.6 is 23.4 Å². The van der Waals surface area contributed by atoms with Crippen molar-refractivity contribution in [2.24, 2.45) is 11.8 Å². The second-order valence-electron chi connectivity index (χ2n) is 10.7. The number of aliphatic hydroxyl groups is 1. The summed E-state index contributed by atoms with van der Waals surface area (Å²) >= 11 is 8.00. The number of carbonyl (C=O) groups is 3. The van der Waals surface area contributed by atoms with E-state index in [-0.39, 0.29) is 24.3 Å². The number of unbranched alkanes of at least 4 members (excludes halogenated alkanes) is 2. The van der Waals surface area contributed by atoms with Crippen LogP contribution in [0.4, 0.5) is 5.69 Å². The van der Waals surface area contributed by atoms with Crippen molar-refractivity contribution < 1.29 is 19.5 Å². The molecular weight excluding hydrogens is 522 g/mol. The van der Waals surface area contributed by atoms with Gasteiger partial charge in [-0.15, -0.1) is 11.8 Å². The van der Waals surface area contributed by atoms with E-state index in [1.54, 1.807) is 40.9 Å². The molecule has 0 saturated carbocycles. The van der Waals surface area contributed by atoms with Crippen LogP contribution in [0.3, 0.4) is 0 Å². The van der Waals surface area contributed by atoms with Crippen molar-refractivity contribution in [3.05, 3.63) is 65.2 Å². The van der Waals surface area contributed by atoms with Gasteiger partial charge in [-0.2, -0.15) is 0 Å². The molecule has 7 nitrogen and oxygen atoms in total. The highest BCUT2D eigenvalue weighted by atomic mass is 35.5. The number of thioether (sulfide) groups is 1. The summed E-state index contributed by atoms with van der Waals surface area (Å²) in [6.45, 7) is 2.97. The lowest BCUT2D eigenvalue weighted by atomic mass is 9.66. The summed E-state index contributed by atoms with van der Waals surface area (Å²) < 4.78 is -1.10. The maximum absolute atomic E-state index is 14.1. The minimum absolute atomic E-state index is 0.0921. The number of amides is 3. The molecule has 202 valence electrons. The Bertz CT molecular complexity index is 1210. The van der Waals surface area contributed by atoms with Gasteiger partial charge in [0, 0.05) is 24.4 Å². The van der Waals surface area contributed by atoms with Gasteiger partial charge in [-0.1, -0.05) is 54.1 Å². The second kappa shape index (κ2) is 10.9. The second-order valence-corrected chi connectivity index (χ2v) is 13.0. The molecule has 5 rings (SSSR count). The Balaban J connectivity index is 1.44. The van der Waals surface area contributed by atoms with Gasteiger partial charge in [0.2, 0.25) is 17.7 Å². The van der Waals surface area contributed by atoms with Crippen molar-refractivity contribution >= 4 is 46.8 Å². The fraction of sp³-hybridized carbons (Fsp3) is 0.483. The van der Waals surface area contributed by atoms with Gasteiger partial charge in [-0.25, -0.2) is 0 Å². The number of aliphatic hydroxyl groups excluding tert-OH is 1. The first-order valence-corrected chi connectivity index (χ1v) is 14.5. The van der Waals surface area contributed by atoms with Gasteiger partial charge in [0.25, 0.3) is 0 Å². The van der Waals surface area contributed by atoms with E-state index in [4.69, 9.17) is 11.6 Å². The lowest BCUT2D eigenvalue weighted by molar-refractivity contribution is -0.140. The van der Waals surface area contributed by atoms with Crippen LogP contribution in [-0.2, 0) is 20.9 Å². The molecular formula is C29H34ClN3O4S. The molecule has 38 heavy (non-hydrogen) atoms. The van der Waals surface area contributed by atoms with E-state index < -0.39 is 27.4 Å². The Morgan fingerprint density at radius 2 is 1.79 bits per heavy atom. The van der Waals surface area contributed by atoms with Crippen LogP contribution in [-0.4, -0.2) is 56.4 Å². The first-order chi connectivity index (χ1) is 18.3. The average Bonchev–Trinajstić information content (AvgIpc) is 3.48. The Labute approximate surface area is 232 Å². The summed E-state index contributed by atoms with van der Waals surface area (Å²) in [5.41, 5.74) is 1.50. The van der Waals surface area contributed by atoms with Crippen molar-refractivity contribution in [3.63, 3.8) is 0 Å². The third-order valence-corrected chi connectivity index (χ3v) is 10.6. The van der Waals surface area contributed by atoms with Gasteiger partial charge in [-0.3, -0.25) is 14.4 Å². The molecule has 3 N–H and O–H groups in total. The number of likely N-dealkylation sites (tertiary alicyclic amines) is 1. The Kier molecular flexibility index (Phi) is 7.76. The molecule has 3 aliphatic heterocycles. The van der Waals surface area contributed by atoms with Gasteiger partial charge < -0.3 is 20.6 Å². The van der Waals surface area contributed by atoms with Crippen LogP contribution in [0.1, 0.15) is 44.6 Å². The average molecular weight is 556 g/mol. The van der Waals surface area contributed by atoms with Crippen molar-refractivity contribution in [3.8, 4) is 0 Å². The molecule has 3 heterocycles. The summed E-state index contributed by atoms with van der Waals surface area (Å²) in [6, 6.07) is 16.1. The number of para-hydroxylation sites is 1. The highest BCUT2D eigenvalue weighted by Gasteiger charge is 2.77. The first-order valence-electron chi connectivity index (χ1n) is 13.3. The third kappa shape index (κ3) is 4.71. The van der Waals surface area contributed by atoms with Crippen LogP contribution in [0.15, 0.2) is 54.6 Å². The Morgan fingerprint density at radius 1 is 1.05 bits per heavy atom.